The van der Waals surface area contributed by atoms with Gasteiger partial charge in [-0.15, -0.1) is 0 Å². The van der Waals surface area contributed by atoms with Crippen molar-refractivity contribution in [2.24, 2.45) is 0 Å². The Morgan fingerprint density at radius 1 is 1.08 bits per heavy atom. The van der Waals surface area contributed by atoms with Gasteiger partial charge in [-0.05, 0) is 42.3 Å². The van der Waals surface area contributed by atoms with Gasteiger partial charge in [-0.2, -0.15) is 0 Å². The van der Waals surface area contributed by atoms with Crippen LogP contribution >= 0.6 is 0 Å². The molecule has 1 atom stereocenters. The Morgan fingerprint density at radius 2 is 1.88 bits per heavy atom. The standard InChI is InChI=1S/C19H16N2O5/c22-12-2-1-3-13(9-12)26-14-4-5-15-11(8-14)10-21(19(15)25)16-6-7-17(23)20-18(16)24/h1-5,8-9,16,22H,6-7,10H2,(H,20,23,24). The van der Waals surface area contributed by atoms with E-state index in [0.717, 1.165) is 5.56 Å². The first-order valence-electron chi connectivity index (χ1n) is 8.26. The van der Waals surface area contributed by atoms with E-state index in [-0.39, 0.29) is 30.5 Å². The Labute approximate surface area is 149 Å². The second-order valence-electron chi connectivity index (χ2n) is 6.32. The molecule has 1 fully saturated rings. The minimum atomic E-state index is -0.636. The summed E-state index contributed by atoms with van der Waals surface area (Å²) in [5, 5.41) is 11.8. The van der Waals surface area contributed by atoms with Gasteiger partial charge in [-0.25, -0.2) is 0 Å². The summed E-state index contributed by atoms with van der Waals surface area (Å²) in [6.07, 6.45) is 0.555. The minimum Gasteiger partial charge on any atom is -0.508 e. The van der Waals surface area contributed by atoms with E-state index in [1.807, 2.05) is 0 Å². The second-order valence-corrected chi connectivity index (χ2v) is 6.32. The molecule has 1 unspecified atom stereocenters. The quantitative estimate of drug-likeness (QED) is 0.823. The van der Waals surface area contributed by atoms with Crippen LogP contribution in [0.3, 0.4) is 0 Å². The molecule has 2 aromatic carbocycles. The number of aromatic hydroxyl groups is 1. The summed E-state index contributed by atoms with van der Waals surface area (Å²) in [7, 11) is 0. The van der Waals surface area contributed by atoms with Crippen LogP contribution in [-0.4, -0.2) is 33.8 Å². The SMILES string of the molecule is O=C1CCC(N2Cc3cc(Oc4cccc(O)c4)ccc3C2=O)C(=O)N1. The predicted octanol–water partition coefficient (Wildman–Crippen LogP) is 1.95. The molecule has 0 aliphatic carbocycles. The smallest absolute Gasteiger partial charge is 0.255 e. The molecule has 7 heteroatoms. The predicted molar refractivity (Wildman–Crippen MR) is 90.7 cm³/mol. The van der Waals surface area contributed by atoms with E-state index in [0.29, 0.717) is 23.5 Å². The van der Waals surface area contributed by atoms with Crippen molar-refractivity contribution in [1.29, 1.82) is 0 Å². The summed E-state index contributed by atoms with van der Waals surface area (Å²) in [5.41, 5.74) is 1.29. The second kappa shape index (κ2) is 6.18. The number of hydrogen-bond donors (Lipinski definition) is 2. The number of imide groups is 1. The van der Waals surface area contributed by atoms with E-state index in [9.17, 15) is 19.5 Å². The molecule has 2 aliphatic heterocycles. The van der Waals surface area contributed by atoms with Crippen LogP contribution in [0.25, 0.3) is 0 Å². The van der Waals surface area contributed by atoms with Gasteiger partial charge in [-0.3, -0.25) is 19.7 Å². The first kappa shape index (κ1) is 16.1. The third kappa shape index (κ3) is 2.88. The largest absolute Gasteiger partial charge is 0.508 e. The molecule has 26 heavy (non-hydrogen) atoms. The van der Waals surface area contributed by atoms with Crippen molar-refractivity contribution in [2.75, 3.05) is 0 Å². The Morgan fingerprint density at radius 3 is 2.65 bits per heavy atom. The third-order valence-electron chi connectivity index (χ3n) is 4.55. The molecule has 0 bridgehead atoms. The van der Waals surface area contributed by atoms with E-state index in [1.165, 1.54) is 11.0 Å². The maximum atomic E-state index is 12.6. The number of hydrogen-bond acceptors (Lipinski definition) is 5. The lowest BCUT2D eigenvalue weighted by Crippen LogP contribution is -2.52. The van der Waals surface area contributed by atoms with Gasteiger partial charge in [0.25, 0.3) is 5.91 Å². The number of nitrogens with one attached hydrogen (secondary N) is 1. The topological polar surface area (TPSA) is 95.9 Å². The molecule has 2 aromatic rings. The van der Waals surface area contributed by atoms with Crippen LogP contribution in [0.1, 0.15) is 28.8 Å². The molecule has 0 saturated carbocycles. The number of carbonyl (C=O) groups is 3. The van der Waals surface area contributed by atoms with Crippen molar-refractivity contribution in [1.82, 2.24) is 10.2 Å². The normalized spacial score (nSPS) is 19.3. The van der Waals surface area contributed by atoms with Gasteiger partial charge < -0.3 is 14.7 Å². The number of rotatable bonds is 3. The summed E-state index contributed by atoms with van der Waals surface area (Å²) in [5.74, 6) is 0.153. The Bertz CT molecular complexity index is 924. The van der Waals surface area contributed by atoms with Crippen molar-refractivity contribution in [3.63, 3.8) is 0 Å². The molecule has 2 aliphatic rings. The van der Waals surface area contributed by atoms with Crippen LogP contribution in [0, 0.1) is 0 Å². The molecular formula is C19H16N2O5. The molecule has 7 nitrogen and oxygen atoms in total. The van der Waals surface area contributed by atoms with Crippen molar-refractivity contribution in [3.05, 3.63) is 53.6 Å². The van der Waals surface area contributed by atoms with Crippen molar-refractivity contribution < 1.29 is 24.2 Å². The number of amides is 3. The van der Waals surface area contributed by atoms with Crippen LogP contribution in [0.4, 0.5) is 0 Å². The Hall–Kier alpha value is -3.35. The Kier molecular flexibility index (Phi) is 3.84. The van der Waals surface area contributed by atoms with Crippen molar-refractivity contribution >= 4 is 17.7 Å². The van der Waals surface area contributed by atoms with E-state index in [2.05, 4.69) is 5.32 Å². The molecule has 0 spiro atoms. The van der Waals surface area contributed by atoms with Crippen LogP contribution in [0.15, 0.2) is 42.5 Å². The first-order valence-corrected chi connectivity index (χ1v) is 8.26. The number of fused-ring (bicyclic) bond motifs is 1. The summed E-state index contributed by atoms with van der Waals surface area (Å²) in [6.45, 7) is 0.289. The number of carbonyl (C=O) groups excluding carboxylic acids is 3. The van der Waals surface area contributed by atoms with E-state index >= 15 is 0 Å². The zero-order valence-corrected chi connectivity index (χ0v) is 13.8. The summed E-state index contributed by atoms with van der Waals surface area (Å²) < 4.78 is 5.72. The molecule has 2 N–H and O–H groups in total. The van der Waals surface area contributed by atoms with Crippen molar-refractivity contribution in [3.8, 4) is 17.2 Å². The van der Waals surface area contributed by atoms with Gasteiger partial charge in [0.05, 0.1) is 0 Å². The lowest BCUT2D eigenvalue weighted by atomic mass is 10.0. The van der Waals surface area contributed by atoms with Crippen LogP contribution < -0.4 is 10.1 Å². The molecule has 2 heterocycles. The van der Waals surface area contributed by atoms with E-state index in [4.69, 9.17) is 4.74 Å². The van der Waals surface area contributed by atoms with Gasteiger partial charge >= 0.3 is 0 Å². The van der Waals surface area contributed by atoms with Gasteiger partial charge in [0.15, 0.2) is 0 Å². The van der Waals surface area contributed by atoms with Crippen LogP contribution in [0.5, 0.6) is 17.2 Å². The number of phenolic OH excluding ortho intramolecular Hbond substituents is 1. The highest BCUT2D eigenvalue weighted by Gasteiger charge is 2.39. The average molecular weight is 352 g/mol. The molecule has 4 rings (SSSR count). The molecule has 0 aromatic heterocycles. The lowest BCUT2D eigenvalue weighted by molar-refractivity contribution is -0.136. The van der Waals surface area contributed by atoms with Crippen molar-refractivity contribution in [2.45, 2.75) is 25.4 Å². The fourth-order valence-electron chi connectivity index (χ4n) is 3.30. The molecule has 132 valence electrons. The number of piperidine rings is 1. The summed E-state index contributed by atoms with van der Waals surface area (Å²) >= 11 is 0. The zero-order chi connectivity index (χ0) is 18.3. The first-order chi connectivity index (χ1) is 12.5. The Balaban J connectivity index is 1.55. The summed E-state index contributed by atoms with van der Waals surface area (Å²) in [4.78, 5) is 37.5. The van der Waals surface area contributed by atoms with Gasteiger partial charge in [0.1, 0.15) is 23.3 Å². The highest BCUT2D eigenvalue weighted by molar-refractivity contribution is 6.05. The molecule has 0 radical (unpaired) electrons. The molecular weight excluding hydrogens is 336 g/mol. The summed E-state index contributed by atoms with van der Waals surface area (Å²) in [6, 6.07) is 10.9. The number of ether oxygens (including phenoxy) is 1. The van der Waals surface area contributed by atoms with Gasteiger partial charge in [0.2, 0.25) is 11.8 Å². The van der Waals surface area contributed by atoms with E-state index < -0.39 is 11.9 Å². The average Bonchev–Trinajstić information content (AvgIpc) is 2.91. The fourth-order valence-corrected chi connectivity index (χ4v) is 3.30. The minimum absolute atomic E-state index is 0.0999. The lowest BCUT2D eigenvalue weighted by Gasteiger charge is -2.29. The number of nitrogens with zero attached hydrogens (tertiary/aromatic N) is 1. The van der Waals surface area contributed by atoms with Gasteiger partial charge in [-0.1, -0.05) is 6.07 Å². The third-order valence-corrected chi connectivity index (χ3v) is 4.55. The van der Waals surface area contributed by atoms with Gasteiger partial charge in [0, 0.05) is 24.6 Å². The maximum absolute atomic E-state index is 12.6. The number of phenols is 1. The fraction of sp³-hybridized carbons (Fsp3) is 0.211. The monoisotopic (exact) mass is 352 g/mol. The highest BCUT2D eigenvalue weighted by atomic mass is 16.5. The van der Waals surface area contributed by atoms with Crippen LogP contribution in [-0.2, 0) is 16.1 Å². The van der Waals surface area contributed by atoms with Crippen LogP contribution in [0.2, 0.25) is 0 Å². The highest BCUT2D eigenvalue weighted by Crippen LogP contribution is 2.32. The van der Waals surface area contributed by atoms with E-state index in [1.54, 1.807) is 36.4 Å². The molecule has 1 saturated heterocycles. The number of benzene rings is 2. The zero-order valence-electron chi connectivity index (χ0n) is 13.8. The maximum Gasteiger partial charge on any atom is 0.255 e. The molecule has 3 amide bonds.